The summed E-state index contributed by atoms with van der Waals surface area (Å²) in [6.07, 6.45) is 30.6. The molecule has 51 heavy (non-hydrogen) atoms. The van der Waals surface area contributed by atoms with Crippen LogP contribution in [0.4, 0.5) is 0 Å². The molecule has 1 heterocycles. The van der Waals surface area contributed by atoms with E-state index >= 15 is 0 Å². The Morgan fingerprint density at radius 1 is 0.510 bits per heavy atom. The van der Waals surface area contributed by atoms with E-state index in [4.69, 9.17) is 9.47 Å². The van der Waals surface area contributed by atoms with E-state index in [9.17, 15) is 0 Å². The van der Waals surface area contributed by atoms with Crippen molar-refractivity contribution in [3.05, 3.63) is 81.6 Å². The van der Waals surface area contributed by atoms with E-state index in [1.807, 2.05) is 36.4 Å². The van der Waals surface area contributed by atoms with Crippen molar-refractivity contribution >= 4 is 68.9 Å². The lowest BCUT2D eigenvalue weighted by molar-refractivity contribution is 0.302. The number of aromatic nitrogens is 2. The number of ether oxygens (including phenoxy) is 2. The summed E-state index contributed by atoms with van der Waals surface area (Å²) in [7, 11) is 0. The van der Waals surface area contributed by atoms with E-state index in [-0.39, 0.29) is 0 Å². The van der Waals surface area contributed by atoms with Crippen LogP contribution in [0.5, 0.6) is 11.5 Å². The monoisotopic (exact) mass is 886 g/mol. The van der Waals surface area contributed by atoms with Crippen molar-refractivity contribution < 1.29 is 9.47 Å². The first-order chi connectivity index (χ1) is 25.0. The van der Waals surface area contributed by atoms with Crippen LogP contribution in [0.2, 0.25) is 0 Å². The molecule has 1 aromatic heterocycles. The second-order valence-electron chi connectivity index (χ2n) is 13.6. The van der Waals surface area contributed by atoms with E-state index in [0.717, 1.165) is 73.5 Å². The van der Waals surface area contributed by atoms with Crippen LogP contribution in [0.3, 0.4) is 0 Å². The lowest BCUT2D eigenvalue weighted by atomic mass is 10.1. The number of benzene rings is 2. The van der Waals surface area contributed by atoms with Gasteiger partial charge in [0, 0.05) is 8.96 Å². The Bertz CT molecular complexity index is 1410. The standard InChI is InChI=1S/C44H61Br3N2O2/c1-3-5-7-9-11-13-15-17-19-21-31-50-38-26-23-36(24-27-38)33-39(45)42-28-29-43(49-48-42)40(46)34-37-25-30-44(41(47)35-37)51-32-22-20-18-16-14-12-10-8-6-4-2/h23-30,33-35H,3-22,31-32H2,1-2H3/b39-33-,40-34-. The maximum Gasteiger partial charge on any atom is 0.133 e. The maximum atomic E-state index is 6.06. The number of halogens is 3. The summed E-state index contributed by atoms with van der Waals surface area (Å²) in [6.45, 7) is 6.07. The fraction of sp³-hybridized carbons (Fsp3) is 0.545. The fourth-order valence-electron chi connectivity index (χ4n) is 5.96. The lowest BCUT2D eigenvalue weighted by Crippen LogP contribution is -1.98. The van der Waals surface area contributed by atoms with Crippen LogP contribution >= 0.6 is 47.8 Å². The van der Waals surface area contributed by atoms with Gasteiger partial charge in [0.25, 0.3) is 0 Å². The molecular formula is C44H61Br3N2O2. The summed E-state index contributed by atoms with van der Waals surface area (Å²) < 4.78 is 14.7. The van der Waals surface area contributed by atoms with E-state index in [1.165, 1.54) is 116 Å². The van der Waals surface area contributed by atoms with Crippen LogP contribution in [0.15, 0.2) is 59.1 Å². The average Bonchev–Trinajstić information content (AvgIpc) is 3.14. The number of hydrogen-bond donors (Lipinski definition) is 0. The molecule has 3 aromatic rings. The highest BCUT2D eigenvalue weighted by atomic mass is 79.9. The normalized spacial score (nSPS) is 12.0. The second-order valence-corrected chi connectivity index (χ2v) is 16.2. The molecule has 0 N–H and O–H groups in total. The van der Waals surface area contributed by atoms with Gasteiger partial charge in [0.2, 0.25) is 0 Å². The molecule has 0 fully saturated rings. The fourth-order valence-corrected chi connectivity index (χ4v) is 7.43. The largest absolute Gasteiger partial charge is 0.494 e. The van der Waals surface area contributed by atoms with Crippen molar-refractivity contribution in [2.75, 3.05) is 13.2 Å². The Morgan fingerprint density at radius 2 is 0.922 bits per heavy atom. The van der Waals surface area contributed by atoms with Crippen LogP contribution in [0.1, 0.15) is 165 Å². The van der Waals surface area contributed by atoms with Crippen molar-refractivity contribution in [1.29, 1.82) is 0 Å². The summed E-state index contributed by atoms with van der Waals surface area (Å²) >= 11 is 11.1. The van der Waals surface area contributed by atoms with Gasteiger partial charge in [-0.2, -0.15) is 0 Å². The third kappa shape index (κ3) is 19.1. The summed E-state index contributed by atoms with van der Waals surface area (Å²) in [5, 5.41) is 8.94. The summed E-state index contributed by atoms with van der Waals surface area (Å²) in [4.78, 5) is 0. The number of rotatable bonds is 28. The van der Waals surface area contributed by atoms with Crippen molar-refractivity contribution in [3.8, 4) is 11.5 Å². The molecule has 280 valence electrons. The molecular weight excluding hydrogens is 828 g/mol. The molecule has 0 aliphatic heterocycles. The first-order valence-electron chi connectivity index (χ1n) is 19.7. The summed E-state index contributed by atoms with van der Waals surface area (Å²) in [5.74, 6) is 1.80. The van der Waals surface area contributed by atoms with Crippen LogP contribution in [-0.2, 0) is 0 Å². The Labute approximate surface area is 335 Å². The Balaban J connectivity index is 1.36. The van der Waals surface area contributed by atoms with Gasteiger partial charge in [0.1, 0.15) is 11.5 Å². The second kappa shape index (κ2) is 27.6. The molecule has 0 amide bonds. The van der Waals surface area contributed by atoms with Crippen molar-refractivity contribution in [3.63, 3.8) is 0 Å². The number of hydrogen-bond acceptors (Lipinski definition) is 4. The van der Waals surface area contributed by atoms with Crippen LogP contribution < -0.4 is 9.47 Å². The van der Waals surface area contributed by atoms with E-state index in [2.05, 4.69) is 102 Å². The highest BCUT2D eigenvalue weighted by Gasteiger charge is 2.07. The Morgan fingerprint density at radius 3 is 1.37 bits per heavy atom. The third-order valence-electron chi connectivity index (χ3n) is 9.10. The van der Waals surface area contributed by atoms with E-state index in [0.29, 0.717) is 0 Å². The van der Waals surface area contributed by atoms with Crippen molar-refractivity contribution in [1.82, 2.24) is 10.2 Å². The van der Waals surface area contributed by atoms with E-state index in [1.54, 1.807) is 0 Å². The molecule has 0 radical (unpaired) electrons. The minimum absolute atomic E-state index is 0.749. The maximum absolute atomic E-state index is 6.06. The molecule has 0 atom stereocenters. The van der Waals surface area contributed by atoms with Gasteiger partial charge in [-0.1, -0.05) is 148 Å². The molecule has 0 aliphatic carbocycles. The molecule has 0 unspecified atom stereocenters. The molecule has 0 saturated heterocycles. The zero-order chi connectivity index (χ0) is 36.4. The molecule has 0 aliphatic rings. The molecule has 0 bridgehead atoms. The highest BCUT2D eigenvalue weighted by Crippen LogP contribution is 2.30. The van der Waals surface area contributed by atoms with E-state index < -0.39 is 0 Å². The molecule has 7 heteroatoms. The van der Waals surface area contributed by atoms with Gasteiger partial charge in [-0.3, -0.25) is 0 Å². The number of nitrogens with zero attached hydrogens (tertiary/aromatic N) is 2. The zero-order valence-electron chi connectivity index (χ0n) is 31.3. The van der Waals surface area contributed by atoms with Gasteiger partial charge >= 0.3 is 0 Å². The predicted octanol–water partition coefficient (Wildman–Crippen LogP) is 15.6. The van der Waals surface area contributed by atoms with Crippen LogP contribution in [0, 0.1) is 0 Å². The highest BCUT2D eigenvalue weighted by molar-refractivity contribution is 9.15. The quantitative estimate of drug-likeness (QED) is 0.0682. The zero-order valence-corrected chi connectivity index (χ0v) is 36.0. The Kier molecular flexibility index (Phi) is 23.5. The minimum atomic E-state index is 0.749. The average molecular weight is 890 g/mol. The topological polar surface area (TPSA) is 44.2 Å². The van der Waals surface area contributed by atoms with Gasteiger partial charge < -0.3 is 9.47 Å². The van der Waals surface area contributed by atoms with Crippen LogP contribution in [-0.4, -0.2) is 23.4 Å². The van der Waals surface area contributed by atoms with Gasteiger partial charge in [-0.25, -0.2) is 0 Å². The number of unbranched alkanes of at least 4 members (excludes halogenated alkanes) is 18. The first-order valence-corrected chi connectivity index (χ1v) is 22.1. The van der Waals surface area contributed by atoms with Crippen LogP contribution in [0.25, 0.3) is 21.1 Å². The SMILES string of the molecule is CCCCCCCCCCCCOc1ccc(/C=C(\Br)c2ccc(/C(Br)=C/c3ccc(OCCCCCCCCCCCC)c(Br)c3)nn2)cc1. The summed E-state index contributed by atoms with van der Waals surface area (Å²) in [6, 6.07) is 18.3. The van der Waals surface area contributed by atoms with Crippen molar-refractivity contribution in [2.24, 2.45) is 0 Å². The Hall–Kier alpha value is -1.96. The molecule has 2 aromatic carbocycles. The predicted molar refractivity (Wildman–Crippen MR) is 231 cm³/mol. The third-order valence-corrected chi connectivity index (χ3v) is 11.0. The molecule has 0 spiro atoms. The molecule has 3 rings (SSSR count). The van der Waals surface area contributed by atoms with Gasteiger partial charge in [-0.15, -0.1) is 10.2 Å². The summed E-state index contributed by atoms with van der Waals surface area (Å²) in [5.41, 5.74) is 3.65. The molecule has 4 nitrogen and oxygen atoms in total. The van der Waals surface area contributed by atoms with Gasteiger partial charge in [0.15, 0.2) is 0 Å². The lowest BCUT2D eigenvalue weighted by Gasteiger charge is -2.09. The minimum Gasteiger partial charge on any atom is -0.494 e. The molecule has 0 saturated carbocycles. The van der Waals surface area contributed by atoms with Gasteiger partial charge in [0.05, 0.1) is 29.1 Å². The smallest absolute Gasteiger partial charge is 0.133 e. The first kappa shape index (κ1) is 43.4. The van der Waals surface area contributed by atoms with Gasteiger partial charge in [-0.05, 0) is 120 Å². The van der Waals surface area contributed by atoms with Crippen molar-refractivity contribution in [2.45, 2.75) is 142 Å².